The largest absolute Gasteiger partial charge is 0.491 e. The van der Waals surface area contributed by atoms with Crippen LogP contribution < -0.4 is 15.4 Å². The standard InChI is InChI=1S/C18H14ClN3O3/c19-11-1-3-14-10(7-11)8-15(22-14)18(24)21-12-2-4-16-13(9-12)17(23)20-5-6-25-16/h1-4,7-9,22H,5-6H2,(H,20,23)(H,21,24). The van der Waals surface area contributed by atoms with Gasteiger partial charge in [0.1, 0.15) is 18.1 Å². The number of fused-ring (bicyclic) bond motifs is 2. The lowest BCUT2D eigenvalue weighted by Crippen LogP contribution is -2.24. The zero-order chi connectivity index (χ0) is 17.4. The van der Waals surface area contributed by atoms with Crippen molar-refractivity contribution in [3.05, 3.63) is 58.7 Å². The molecule has 2 aromatic carbocycles. The van der Waals surface area contributed by atoms with E-state index in [1.165, 1.54) is 0 Å². The maximum atomic E-state index is 12.5. The number of nitrogens with one attached hydrogen (secondary N) is 3. The molecular weight excluding hydrogens is 342 g/mol. The molecule has 0 saturated heterocycles. The van der Waals surface area contributed by atoms with Crippen molar-refractivity contribution in [1.82, 2.24) is 10.3 Å². The van der Waals surface area contributed by atoms with E-state index in [9.17, 15) is 9.59 Å². The summed E-state index contributed by atoms with van der Waals surface area (Å²) in [6.07, 6.45) is 0. The van der Waals surface area contributed by atoms with Gasteiger partial charge in [-0.3, -0.25) is 9.59 Å². The second-order valence-corrected chi connectivity index (χ2v) is 6.12. The van der Waals surface area contributed by atoms with Crippen LogP contribution in [0.25, 0.3) is 10.9 Å². The molecule has 0 aliphatic carbocycles. The van der Waals surface area contributed by atoms with Crippen LogP contribution >= 0.6 is 11.6 Å². The first kappa shape index (κ1) is 15.5. The average molecular weight is 356 g/mol. The van der Waals surface area contributed by atoms with E-state index in [0.717, 1.165) is 10.9 Å². The smallest absolute Gasteiger partial charge is 0.272 e. The van der Waals surface area contributed by atoms with Crippen LogP contribution in [0.15, 0.2) is 42.5 Å². The summed E-state index contributed by atoms with van der Waals surface area (Å²) in [5, 5.41) is 6.99. The molecule has 4 rings (SSSR count). The molecular formula is C18H14ClN3O3. The van der Waals surface area contributed by atoms with Gasteiger partial charge in [0.05, 0.1) is 12.1 Å². The van der Waals surface area contributed by atoms with Gasteiger partial charge >= 0.3 is 0 Å². The quantitative estimate of drug-likeness (QED) is 0.660. The number of hydrogen-bond donors (Lipinski definition) is 3. The average Bonchev–Trinajstić information content (AvgIpc) is 2.93. The third-order valence-corrected chi connectivity index (χ3v) is 4.19. The lowest BCUT2D eigenvalue weighted by atomic mass is 10.1. The Morgan fingerprint density at radius 3 is 2.92 bits per heavy atom. The Kier molecular flexibility index (Phi) is 3.82. The van der Waals surface area contributed by atoms with Crippen LogP contribution in [-0.2, 0) is 0 Å². The molecule has 2 heterocycles. The normalized spacial score (nSPS) is 13.6. The number of ether oxygens (including phenoxy) is 1. The van der Waals surface area contributed by atoms with Crippen molar-refractivity contribution < 1.29 is 14.3 Å². The number of aromatic nitrogens is 1. The second kappa shape index (κ2) is 6.14. The fourth-order valence-corrected chi connectivity index (χ4v) is 2.94. The highest BCUT2D eigenvalue weighted by Gasteiger charge is 2.18. The fourth-order valence-electron chi connectivity index (χ4n) is 2.76. The first-order chi connectivity index (χ1) is 12.1. The maximum Gasteiger partial charge on any atom is 0.272 e. The van der Waals surface area contributed by atoms with Crippen molar-refractivity contribution in [3.8, 4) is 5.75 Å². The van der Waals surface area contributed by atoms with Crippen molar-refractivity contribution >= 4 is 40.0 Å². The fraction of sp³-hybridized carbons (Fsp3) is 0.111. The molecule has 0 spiro atoms. The highest BCUT2D eigenvalue weighted by atomic mass is 35.5. The molecule has 3 N–H and O–H groups in total. The molecule has 6 nitrogen and oxygen atoms in total. The van der Waals surface area contributed by atoms with Gasteiger partial charge in [-0.05, 0) is 42.5 Å². The van der Waals surface area contributed by atoms with Crippen LogP contribution in [0.4, 0.5) is 5.69 Å². The molecule has 7 heteroatoms. The van der Waals surface area contributed by atoms with Gasteiger partial charge in [-0.2, -0.15) is 0 Å². The van der Waals surface area contributed by atoms with E-state index in [1.54, 1.807) is 36.4 Å². The van der Waals surface area contributed by atoms with Gasteiger partial charge in [-0.1, -0.05) is 11.6 Å². The van der Waals surface area contributed by atoms with E-state index >= 15 is 0 Å². The van der Waals surface area contributed by atoms with Gasteiger partial charge in [0.25, 0.3) is 11.8 Å². The summed E-state index contributed by atoms with van der Waals surface area (Å²) in [5.74, 6) is -0.0145. The number of anilines is 1. The van der Waals surface area contributed by atoms with E-state index in [0.29, 0.717) is 40.9 Å². The summed E-state index contributed by atoms with van der Waals surface area (Å²) in [6, 6.07) is 12.1. The van der Waals surface area contributed by atoms with Gasteiger partial charge in [-0.15, -0.1) is 0 Å². The molecule has 2 amide bonds. The highest BCUT2D eigenvalue weighted by molar-refractivity contribution is 6.31. The van der Waals surface area contributed by atoms with Crippen molar-refractivity contribution in [2.45, 2.75) is 0 Å². The van der Waals surface area contributed by atoms with Crippen molar-refractivity contribution in [2.75, 3.05) is 18.5 Å². The van der Waals surface area contributed by atoms with Gasteiger partial charge < -0.3 is 20.4 Å². The maximum absolute atomic E-state index is 12.5. The Morgan fingerprint density at radius 1 is 1.16 bits per heavy atom. The third-order valence-electron chi connectivity index (χ3n) is 3.95. The summed E-state index contributed by atoms with van der Waals surface area (Å²) in [6.45, 7) is 0.870. The molecule has 0 saturated carbocycles. The highest BCUT2D eigenvalue weighted by Crippen LogP contribution is 2.25. The van der Waals surface area contributed by atoms with Gasteiger partial charge in [0, 0.05) is 21.6 Å². The Balaban J connectivity index is 1.60. The molecule has 0 radical (unpaired) electrons. The van der Waals surface area contributed by atoms with Gasteiger partial charge in [0.2, 0.25) is 0 Å². The number of amides is 2. The minimum absolute atomic E-state index is 0.219. The van der Waals surface area contributed by atoms with Crippen molar-refractivity contribution in [2.24, 2.45) is 0 Å². The topological polar surface area (TPSA) is 83.2 Å². The SMILES string of the molecule is O=C(Nc1ccc2c(c1)C(=O)NCCO2)c1cc2cc(Cl)ccc2[nH]1. The van der Waals surface area contributed by atoms with E-state index in [-0.39, 0.29) is 11.8 Å². The van der Waals surface area contributed by atoms with Crippen LogP contribution in [0.1, 0.15) is 20.8 Å². The Hall–Kier alpha value is -2.99. The Bertz CT molecular complexity index is 996. The van der Waals surface area contributed by atoms with Crippen molar-refractivity contribution in [3.63, 3.8) is 0 Å². The summed E-state index contributed by atoms with van der Waals surface area (Å²) < 4.78 is 5.50. The van der Waals surface area contributed by atoms with Crippen LogP contribution in [0.2, 0.25) is 5.02 Å². The summed E-state index contributed by atoms with van der Waals surface area (Å²) in [7, 11) is 0. The molecule has 3 aromatic rings. The van der Waals surface area contributed by atoms with Gasteiger partial charge in [-0.25, -0.2) is 0 Å². The van der Waals surface area contributed by atoms with E-state index in [4.69, 9.17) is 16.3 Å². The number of carbonyl (C=O) groups excluding carboxylic acids is 2. The number of rotatable bonds is 2. The minimum Gasteiger partial charge on any atom is -0.491 e. The predicted octanol–water partition coefficient (Wildman–Crippen LogP) is 3.20. The van der Waals surface area contributed by atoms with Crippen LogP contribution in [0, 0.1) is 0 Å². The van der Waals surface area contributed by atoms with Crippen molar-refractivity contribution in [1.29, 1.82) is 0 Å². The van der Waals surface area contributed by atoms with Gasteiger partial charge in [0.15, 0.2) is 0 Å². The monoisotopic (exact) mass is 355 g/mol. The van der Waals surface area contributed by atoms with Crippen LogP contribution in [0.3, 0.4) is 0 Å². The van der Waals surface area contributed by atoms with Crippen LogP contribution in [-0.4, -0.2) is 29.9 Å². The number of H-pyrrole nitrogens is 1. The zero-order valence-electron chi connectivity index (χ0n) is 13.1. The molecule has 126 valence electrons. The van der Waals surface area contributed by atoms with Crippen LogP contribution in [0.5, 0.6) is 5.75 Å². The first-order valence-corrected chi connectivity index (χ1v) is 8.12. The molecule has 0 fully saturated rings. The number of aromatic amines is 1. The molecule has 1 aliphatic heterocycles. The Labute approximate surface area is 148 Å². The lowest BCUT2D eigenvalue weighted by molar-refractivity contribution is 0.0955. The molecule has 25 heavy (non-hydrogen) atoms. The second-order valence-electron chi connectivity index (χ2n) is 5.68. The molecule has 0 bridgehead atoms. The molecule has 1 aliphatic rings. The molecule has 1 aromatic heterocycles. The molecule has 0 atom stereocenters. The van der Waals surface area contributed by atoms with E-state index in [2.05, 4.69) is 15.6 Å². The number of benzene rings is 2. The first-order valence-electron chi connectivity index (χ1n) is 7.75. The third kappa shape index (κ3) is 3.04. The summed E-state index contributed by atoms with van der Waals surface area (Å²) >= 11 is 5.97. The summed E-state index contributed by atoms with van der Waals surface area (Å²) in [5.41, 5.74) is 2.15. The Morgan fingerprint density at radius 2 is 2.04 bits per heavy atom. The minimum atomic E-state index is -0.303. The number of halogens is 1. The van der Waals surface area contributed by atoms with E-state index in [1.807, 2.05) is 6.07 Å². The summed E-state index contributed by atoms with van der Waals surface area (Å²) in [4.78, 5) is 27.6. The molecule has 0 unspecified atom stereocenters. The lowest BCUT2D eigenvalue weighted by Gasteiger charge is -2.09. The number of hydrogen-bond acceptors (Lipinski definition) is 3. The van der Waals surface area contributed by atoms with E-state index < -0.39 is 0 Å². The predicted molar refractivity (Wildman–Crippen MR) is 95.5 cm³/mol. The zero-order valence-corrected chi connectivity index (χ0v) is 13.8. The number of carbonyl (C=O) groups is 2.